The summed E-state index contributed by atoms with van der Waals surface area (Å²) >= 11 is 10.9. The van der Waals surface area contributed by atoms with E-state index in [0.717, 1.165) is 6.62 Å². The summed E-state index contributed by atoms with van der Waals surface area (Å²) < 4.78 is 1.78. The van der Waals surface area contributed by atoms with Crippen LogP contribution in [0.1, 0.15) is 0 Å². The first kappa shape index (κ1) is 10.3. The quantitative estimate of drug-likeness (QED) is 0.537. The van der Waals surface area contributed by atoms with Gasteiger partial charge in [0, 0.05) is 9.33 Å². The number of thiocyanates is 1. The second kappa shape index (κ2) is 6.07. The maximum absolute atomic E-state index is 8.14. The maximum Gasteiger partial charge on any atom is 0.133 e. The molecule has 0 spiro atoms. The topological polar surface area (TPSA) is 23.8 Å². The Bertz CT molecular complexity index is 158. The Labute approximate surface area is 90.5 Å². The number of nitrogens with zero attached hydrogens (tertiary/aromatic N) is 1. The summed E-state index contributed by atoms with van der Waals surface area (Å²) in [6.45, 7) is 0. The lowest BCUT2D eigenvalue weighted by atomic mass is 10.8. The number of halogens is 3. The van der Waals surface area contributed by atoms with E-state index in [1.54, 1.807) is 0 Å². The Hall–Kier alpha value is 1.33. The first-order valence-corrected chi connectivity index (χ1v) is 5.41. The highest BCUT2D eigenvalue weighted by Crippen LogP contribution is 2.25. The van der Waals surface area contributed by atoms with Crippen LogP contribution in [-0.4, -0.2) is 5.75 Å². The van der Waals surface area contributed by atoms with E-state index in [-0.39, 0.29) is 0 Å². The van der Waals surface area contributed by atoms with Crippen LogP contribution in [0.4, 0.5) is 0 Å². The molecule has 0 aromatic heterocycles. The van der Waals surface area contributed by atoms with Gasteiger partial charge in [-0.25, -0.2) is 0 Å². The number of rotatable bonds is 2. The molecular formula is C4H2ClI2NS. The van der Waals surface area contributed by atoms with E-state index in [1.807, 2.05) is 28.0 Å². The van der Waals surface area contributed by atoms with Gasteiger partial charge in [-0.2, -0.15) is 5.26 Å². The Morgan fingerprint density at radius 3 is 2.56 bits per heavy atom. The average Bonchev–Trinajstić information content (AvgIpc) is 1.82. The van der Waals surface area contributed by atoms with Crippen LogP contribution in [0.25, 0.3) is 0 Å². The van der Waals surface area contributed by atoms with E-state index >= 15 is 0 Å². The minimum atomic E-state index is 0.693. The second-order valence-electron chi connectivity index (χ2n) is 1.05. The fourth-order valence-corrected chi connectivity index (χ4v) is 1.55. The van der Waals surface area contributed by atoms with Crippen LogP contribution in [0, 0.1) is 10.7 Å². The number of hydrogen-bond acceptors (Lipinski definition) is 2. The summed E-state index contributed by atoms with van der Waals surface area (Å²) in [5.41, 5.74) is 0. The van der Waals surface area contributed by atoms with Crippen LogP contribution >= 0.6 is 68.5 Å². The van der Waals surface area contributed by atoms with Gasteiger partial charge in [0.2, 0.25) is 0 Å². The average molecular weight is 385 g/mol. The smallest absolute Gasteiger partial charge is 0.133 e. The fraction of sp³-hybridized carbons (Fsp3) is 0.250. The van der Waals surface area contributed by atoms with E-state index in [4.69, 9.17) is 16.9 Å². The minimum absolute atomic E-state index is 0.693. The first-order chi connectivity index (χ1) is 4.18. The van der Waals surface area contributed by atoms with Crippen molar-refractivity contribution in [2.45, 2.75) is 0 Å². The molecule has 0 aliphatic carbocycles. The van der Waals surface area contributed by atoms with E-state index < -0.39 is 0 Å². The van der Waals surface area contributed by atoms with Gasteiger partial charge in [-0.1, -0.05) is 11.6 Å². The van der Waals surface area contributed by atoms with Crippen molar-refractivity contribution in [1.82, 2.24) is 0 Å². The Balaban J connectivity index is 3.67. The Morgan fingerprint density at radius 1 is 1.67 bits per heavy atom. The van der Waals surface area contributed by atoms with Gasteiger partial charge in [-0.15, -0.1) is 0 Å². The molecule has 50 valence electrons. The van der Waals surface area contributed by atoms with Crippen molar-refractivity contribution in [1.29, 1.82) is 5.26 Å². The van der Waals surface area contributed by atoms with Gasteiger partial charge >= 0.3 is 0 Å². The molecule has 0 heterocycles. The van der Waals surface area contributed by atoms with Gasteiger partial charge in [-0.05, 0) is 56.9 Å². The van der Waals surface area contributed by atoms with Crippen LogP contribution in [0.15, 0.2) is 6.62 Å². The summed E-state index contributed by atoms with van der Waals surface area (Å²) in [7, 11) is 0. The first-order valence-electron chi connectivity index (χ1n) is 1.89. The molecule has 0 amide bonds. The second-order valence-corrected chi connectivity index (χ2v) is 5.20. The normalized spacial score (nSPS) is 12.2. The molecule has 1 nitrogen and oxygen atoms in total. The maximum atomic E-state index is 8.14. The third-order valence-corrected chi connectivity index (χ3v) is 4.70. The van der Waals surface area contributed by atoms with Gasteiger partial charge in [0.25, 0.3) is 0 Å². The van der Waals surface area contributed by atoms with Crippen LogP contribution in [0.3, 0.4) is 0 Å². The van der Waals surface area contributed by atoms with Gasteiger partial charge in [0.1, 0.15) is 5.40 Å². The summed E-state index contributed by atoms with van der Waals surface area (Å²) in [5, 5.41) is 10.1. The molecule has 0 bridgehead atoms. The minimum Gasteiger partial charge on any atom is -0.185 e. The molecule has 0 aromatic carbocycles. The monoisotopic (exact) mass is 385 g/mol. The van der Waals surface area contributed by atoms with Crippen molar-refractivity contribution in [3.8, 4) is 5.40 Å². The van der Waals surface area contributed by atoms with Crippen LogP contribution in [-0.2, 0) is 0 Å². The molecule has 0 aromatic rings. The molecule has 0 saturated heterocycles. The van der Waals surface area contributed by atoms with E-state index in [2.05, 4.69) is 22.6 Å². The highest BCUT2D eigenvalue weighted by Gasteiger charge is 1.95. The molecule has 0 rings (SSSR count). The molecular weight excluding hydrogens is 383 g/mol. The van der Waals surface area contributed by atoms with Gasteiger partial charge in [0.15, 0.2) is 0 Å². The van der Waals surface area contributed by atoms with Crippen molar-refractivity contribution in [3.05, 3.63) is 6.62 Å². The zero-order valence-electron chi connectivity index (χ0n) is 4.20. The lowest BCUT2D eigenvalue weighted by Crippen LogP contribution is -1.73. The van der Waals surface area contributed by atoms with Gasteiger partial charge in [0.05, 0.1) is 3.04 Å². The summed E-state index contributed by atoms with van der Waals surface area (Å²) in [6, 6.07) is 0. The van der Waals surface area contributed by atoms with Gasteiger partial charge in [-0.3, -0.25) is 0 Å². The Morgan fingerprint density at radius 2 is 2.22 bits per heavy atom. The molecule has 9 heavy (non-hydrogen) atoms. The molecule has 0 atom stereocenters. The zero-order chi connectivity index (χ0) is 7.28. The SMILES string of the molecule is N#CSC/C(I)=C(\Cl)I. The number of thioether (sulfide) groups is 1. The van der Waals surface area contributed by atoms with E-state index in [9.17, 15) is 0 Å². The van der Waals surface area contributed by atoms with E-state index in [0.29, 0.717) is 5.75 Å². The zero-order valence-corrected chi connectivity index (χ0v) is 10.1. The highest BCUT2D eigenvalue weighted by molar-refractivity contribution is 14.1. The molecule has 0 unspecified atom stereocenters. The van der Waals surface area contributed by atoms with Crippen molar-refractivity contribution < 1.29 is 0 Å². The number of nitriles is 1. The predicted octanol–water partition coefficient (Wildman–Crippen LogP) is 3.48. The highest BCUT2D eigenvalue weighted by atomic mass is 127. The van der Waals surface area contributed by atoms with E-state index in [1.165, 1.54) is 11.8 Å². The fourth-order valence-electron chi connectivity index (χ4n) is 0.150. The molecule has 0 N–H and O–H groups in total. The third kappa shape index (κ3) is 5.76. The molecule has 0 radical (unpaired) electrons. The molecule has 0 saturated carbocycles. The molecule has 0 aliphatic rings. The molecule has 0 aliphatic heterocycles. The summed E-state index contributed by atoms with van der Waals surface area (Å²) in [6.07, 6.45) is 0. The standard InChI is InChI=1S/C4H2ClI2NS/c5-4(7)3(6)1-9-2-8/h1H2/b4-3-. The Kier molecular flexibility index (Phi) is 6.96. The number of hydrogen-bond donors (Lipinski definition) is 0. The summed E-state index contributed by atoms with van der Waals surface area (Å²) in [5.74, 6) is 0.693. The third-order valence-electron chi connectivity index (χ3n) is 0.469. The lowest BCUT2D eigenvalue weighted by molar-refractivity contribution is 1.57. The van der Waals surface area contributed by atoms with Crippen molar-refractivity contribution in [3.63, 3.8) is 0 Å². The molecule has 5 heteroatoms. The largest absolute Gasteiger partial charge is 0.185 e. The van der Waals surface area contributed by atoms with Crippen molar-refractivity contribution in [2.75, 3.05) is 5.75 Å². The predicted molar refractivity (Wildman–Crippen MR) is 59.0 cm³/mol. The van der Waals surface area contributed by atoms with Crippen molar-refractivity contribution in [2.24, 2.45) is 0 Å². The lowest BCUT2D eigenvalue weighted by Gasteiger charge is -1.90. The molecule has 0 fully saturated rings. The van der Waals surface area contributed by atoms with Crippen LogP contribution in [0.5, 0.6) is 0 Å². The van der Waals surface area contributed by atoms with Crippen LogP contribution in [0.2, 0.25) is 0 Å². The summed E-state index contributed by atoms with van der Waals surface area (Å²) in [4.78, 5) is 0. The van der Waals surface area contributed by atoms with Gasteiger partial charge < -0.3 is 0 Å². The van der Waals surface area contributed by atoms with Crippen molar-refractivity contribution >= 4 is 68.5 Å². The van der Waals surface area contributed by atoms with Crippen LogP contribution < -0.4 is 0 Å².